The van der Waals surface area contributed by atoms with Crippen molar-refractivity contribution >= 4 is 28.6 Å². The van der Waals surface area contributed by atoms with E-state index in [-0.39, 0.29) is 35.1 Å². The highest BCUT2D eigenvalue weighted by atomic mass is 19.1. The molecule has 10 heteroatoms. The maximum Gasteiger partial charge on any atom is 0.327 e. The van der Waals surface area contributed by atoms with Crippen LogP contribution in [0.1, 0.15) is 53.3 Å². The van der Waals surface area contributed by atoms with Gasteiger partial charge >= 0.3 is 5.69 Å². The van der Waals surface area contributed by atoms with Crippen LogP contribution >= 0.6 is 0 Å². The molecule has 6 rings (SSSR count). The number of carbonyl (C=O) groups excluding carboxylic acids is 1. The molecule has 9 nitrogen and oxygen atoms in total. The minimum Gasteiger partial charge on any atom is -0.356 e. The molecular weight excluding hydrogens is 461 g/mol. The zero-order valence-electron chi connectivity index (χ0n) is 20.1. The van der Waals surface area contributed by atoms with E-state index in [1.54, 1.807) is 34.7 Å². The predicted molar refractivity (Wildman–Crippen MR) is 134 cm³/mol. The number of nitrogens with one attached hydrogen (secondary N) is 1. The van der Waals surface area contributed by atoms with E-state index in [1.165, 1.54) is 6.33 Å². The van der Waals surface area contributed by atoms with Crippen molar-refractivity contribution in [2.75, 3.05) is 29.4 Å². The highest BCUT2D eigenvalue weighted by Crippen LogP contribution is 2.39. The number of piperidine rings is 1. The van der Waals surface area contributed by atoms with Gasteiger partial charge in [0.2, 0.25) is 0 Å². The molecular formula is C26H26FN7O2. The average Bonchev–Trinajstić information content (AvgIpc) is 3.42. The summed E-state index contributed by atoms with van der Waals surface area (Å²) < 4.78 is 16.5. The number of H-pyrrole nitrogens is 1. The summed E-state index contributed by atoms with van der Waals surface area (Å²) in [7, 11) is 0. The van der Waals surface area contributed by atoms with Crippen LogP contribution in [0.15, 0.2) is 47.7 Å². The lowest BCUT2D eigenvalue weighted by molar-refractivity contribution is 0.0983. The monoisotopic (exact) mass is 487 g/mol. The smallest absolute Gasteiger partial charge is 0.327 e. The van der Waals surface area contributed by atoms with E-state index in [9.17, 15) is 14.0 Å². The molecule has 1 amide bonds. The third-order valence-electron chi connectivity index (χ3n) is 7.35. The first-order valence-electron chi connectivity index (χ1n) is 12.2. The lowest BCUT2D eigenvalue weighted by atomic mass is 10.0. The van der Waals surface area contributed by atoms with Gasteiger partial charge < -0.3 is 9.80 Å². The number of rotatable bonds is 3. The number of carbonyl (C=O) groups is 1. The van der Waals surface area contributed by atoms with E-state index >= 15 is 0 Å². The fourth-order valence-corrected chi connectivity index (χ4v) is 5.50. The number of anilines is 2. The van der Waals surface area contributed by atoms with E-state index in [1.807, 2.05) is 25.1 Å². The highest BCUT2D eigenvalue weighted by Gasteiger charge is 2.34. The van der Waals surface area contributed by atoms with Crippen LogP contribution in [0.2, 0.25) is 0 Å². The third-order valence-corrected chi connectivity index (χ3v) is 7.35. The van der Waals surface area contributed by atoms with E-state index in [2.05, 4.69) is 24.8 Å². The molecule has 0 saturated carbocycles. The molecule has 36 heavy (non-hydrogen) atoms. The Balaban J connectivity index is 1.21. The van der Waals surface area contributed by atoms with E-state index in [0.29, 0.717) is 47.9 Å². The Morgan fingerprint density at radius 3 is 2.75 bits per heavy atom. The second-order valence-corrected chi connectivity index (χ2v) is 9.60. The largest absolute Gasteiger partial charge is 0.356 e. The molecule has 1 N–H and O–H groups in total. The molecule has 1 aromatic carbocycles. The van der Waals surface area contributed by atoms with Crippen LogP contribution in [0.4, 0.5) is 15.9 Å². The van der Waals surface area contributed by atoms with Gasteiger partial charge in [0.15, 0.2) is 5.65 Å². The quantitative estimate of drug-likeness (QED) is 0.474. The van der Waals surface area contributed by atoms with Crippen molar-refractivity contribution in [1.82, 2.24) is 24.5 Å². The summed E-state index contributed by atoms with van der Waals surface area (Å²) in [5, 5.41) is 0. The number of hydrogen-bond acceptors (Lipinski definition) is 6. The first kappa shape index (κ1) is 22.4. The van der Waals surface area contributed by atoms with E-state index in [4.69, 9.17) is 0 Å². The normalized spacial score (nSPS) is 18.1. The fraction of sp³-hybridized carbons (Fsp3) is 0.346. The molecule has 0 bridgehead atoms. The van der Waals surface area contributed by atoms with Crippen molar-refractivity contribution in [2.45, 2.75) is 38.6 Å². The van der Waals surface area contributed by atoms with Crippen molar-refractivity contribution in [3.05, 3.63) is 76.0 Å². The van der Waals surface area contributed by atoms with Crippen molar-refractivity contribution in [2.24, 2.45) is 0 Å². The Hall–Kier alpha value is -4.08. The van der Waals surface area contributed by atoms with Gasteiger partial charge in [-0.3, -0.25) is 14.3 Å². The minimum absolute atomic E-state index is 0.0515. The van der Waals surface area contributed by atoms with Crippen LogP contribution in [0.5, 0.6) is 0 Å². The number of aryl methyl sites for hydroxylation is 1. The molecule has 1 unspecified atom stereocenters. The van der Waals surface area contributed by atoms with Crippen LogP contribution in [0, 0.1) is 12.7 Å². The number of hydrogen-bond donors (Lipinski definition) is 1. The minimum atomic E-state index is -0.264. The number of amides is 1. The van der Waals surface area contributed by atoms with E-state index in [0.717, 1.165) is 18.4 Å². The number of nitrogens with zero attached hydrogens (tertiary/aromatic N) is 6. The fourth-order valence-electron chi connectivity index (χ4n) is 5.50. The van der Waals surface area contributed by atoms with Crippen molar-refractivity contribution in [3.63, 3.8) is 0 Å². The van der Waals surface area contributed by atoms with Gasteiger partial charge in [-0.1, -0.05) is 13.0 Å². The maximum atomic E-state index is 14.7. The third kappa shape index (κ3) is 3.55. The SMILES string of the molecule is Cc1ccc2c(c1F)C(C)CN2C(=O)c1cc(N2CCC(n3c(=O)[nH]c4ncccc43)CC2)ncn1. The van der Waals surface area contributed by atoms with Crippen LogP contribution in [-0.4, -0.2) is 50.0 Å². The van der Waals surface area contributed by atoms with Crippen LogP contribution in [-0.2, 0) is 0 Å². The van der Waals surface area contributed by atoms with Gasteiger partial charge in [-0.25, -0.2) is 24.1 Å². The standard InChI is InChI=1S/C26H26FN7O2/c1-15-5-6-19-22(23(15)27)16(2)13-33(19)25(35)18-12-21(30-14-29-18)32-10-7-17(8-11-32)34-20-4-3-9-28-24(20)31-26(34)36/h3-6,9,12,14,16-17H,7-8,10-11,13H2,1-2H3,(H,28,31,36). The Labute approximate surface area is 206 Å². The molecule has 1 saturated heterocycles. The van der Waals surface area contributed by atoms with Crippen molar-refractivity contribution < 1.29 is 9.18 Å². The molecule has 1 atom stereocenters. The average molecular weight is 488 g/mol. The van der Waals surface area contributed by atoms with Gasteiger partial charge in [0.25, 0.3) is 5.91 Å². The lowest BCUT2D eigenvalue weighted by Crippen LogP contribution is -2.37. The predicted octanol–water partition coefficient (Wildman–Crippen LogP) is 3.57. The zero-order chi connectivity index (χ0) is 25.0. The highest BCUT2D eigenvalue weighted by molar-refractivity contribution is 6.06. The molecule has 4 aromatic rings. The number of benzene rings is 1. The van der Waals surface area contributed by atoms with Crippen molar-refractivity contribution in [1.29, 1.82) is 0 Å². The molecule has 3 aromatic heterocycles. The molecule has 0 aliphatic carbocycles. The van der Waals surface area contributed by atoms with Gasteiger partial charge in [0.05, 0.1) is 11.2 Å². The summed E-state index contributed by atoms with van der Waals surface area (Å²) in [6.45, 7) is 5.44. The second kappa shape index (κ2) is 8.54. The number of aromatic amines is 1. The molecule has 0 spiro atoms. The summed E-state index contributed by atoms with van der Waals surface area (Å²) in [6, 6.07) is 9.00. The molecule has 0 radical (unpaired) electrons. The van der Waals surface area contributed by atoms with Gasteiger partial charge in [-0.2, -0.15) is 0 Å². The lowest BCUT2D eigenvalue weighted by Gasteiger charge is -2.33. The van der Waals surface area contributed by atoms with Gasteiger partial charge in [0, 0.05) is 49.4 Å². The summed E-state index contributed by atoms with van der Waals surface area (Å²) in [5.74, 6) is 0.0708. The number of halogens is 1. The number of aromatic nitrogens is 5. The first-order chi connectivity index (χ1) is 17.4. The molecule has 2 aliphatic rings. The summed E-state index contributed by atoms with van der Waals surface area (Å²) in [4.78, 5) is 45.4. The number of imidazole rings is 1. The Morgan fingerprint density at radius 2 is 1.94 bits per heavy atom. The van der Waals surface area contributed by atoms with E-state index < -0.39 is 0 Å². The number of pyridine rings is 1. The van der Waals surface area contributed by atoms with Crippen LogP contribution in [0.3, 0.4) is 0 Å². The zero-order valence-corrected chi connectivity index (χ0v) is 20.1. The van der Waals surface area contributed by atoms with Crippen LogP contribution in [0.25, 0.3) is 11.2 Å². The topological polar surface area (TPSA) is 100 Å². The summed E-state index contributed by atoms with van der Waals surface area (Å²) >= 11 is 0. The maximum absolute atomic E-state index is 14.7. The molecule has 5 heterocycles. The Bertz CT molecular complexity index is 1540. The molecule has 184 valence electrons. The Kier molecular flexibility index (Phi) is 5.31. The van der Waals surface area contributed by atoms with Gasteiger partial charge in [-0.15, -0.1) is 0 Å². The first-order valence-corrected chi connectivity index (χ1v) is 12.2. The Morgan fingerprint density at radius 1 is 1.14 bits per heavy atom. The molecule has 2 aliphatic heterocycles. The van der Waals surface area contributed by atoms with Gasteiger partial charge in [-0.05, 0) is 43.5 Å². The summed E-state index contributed by atoms with van der Waals surface area (Å²) in [6.07, 6.45) is 4.58. The molecule has 1 fully saturated rings. The van der Waals surface area contributed by atoms with Gasteiger partial charge in [0.1, 0.15) is 23.7 Å². The summed E-state index contributed by atoms with van der Waals surface area (Å²) in [5.41, 5.74) is 3.30. The van der Waals surface area contributed by atoms with Crippen molar-refractivity contribution in [3.8, 4) is 0 Å². The second-order valence-electron chi connectivity index (χ2n) is 9.60. The van der Waals surface area contributed by atoms with Crippen LogP contribution < -0.4 is 15.5 Å². The number of fused-ring (bicyclic) bond motifs is 2.